The lowest BCUT2D eigenvalue weighted by Crippen LogP contribution is -2.50. The lowest BCUT2D eigenvalue weighted by Gasteiger charge is -2.20. The number of anilines is 1. The molecule has 0 saturated heterocycles. The van der Waals surface area contributed by atoms with Crippen molar-refractivity contribution < 1.29 is 14.3 Å². The number of benzene rings is 1. The molecule has 0 bridgehead atoms. The highest BCUT2D eigenvalue weighted by Gasteiger charge is 2.31. The van der Waals surface area contributed by atoms with Gasteiger partial charge in [-0.15, -0.1) is 0 Å². The average molecular weight is 470 g/mol. The van der Waals surface area contributed by atoms with Gasteiger partial charge in [-0.3, -0.25) is 9.78 Å². The fraction of sp³-hybridized carbons (Fsp3) is 0.238. The van der Waals surface area contributed by atoms with Crippen molar-refractivity contribution in [2.75, 3.05) is 18.6 Å². The van der Waals surface area contributed by atoms with Crippen molar-refractivity contribution in [2.45, 2.75) is 19.4 Å². The first-order valence-corrected chi connectivity index (χ1v) is 10.2. The van der Waals surface area contributed by atoms with Crippen molar-refractivity contribution in [1.29, 1.82) is 0 Å². The molecule has 1 aliphatic heterocycles. The maximum Gasteiger partial charge on any atom is 0.342 e. The van der Waals surface area contributed by atoms with E-state index in [-0.39, 0.29) is 12.5 Å². The van der Waals surface area contributed by atoms with Crippen molar-refractivity contribution >= 4 is 33.6 Å². The first kappa shape index (κ1) is 20.1. The number of fused-ring (bicyclic) bond motifs is 1. The Morgan fingerprint density at radius 1 is 1.33 bits per heavy atom. The SMILES string of the molecule is Cc1cccc(Cc2cnn(C(=O)N[C@@H]3COc4ccc(Br)cc4N(C)C3=O)c2)n1. The summed E-state index contributed by atoms with van der Waals surface area (Å²) in [6.45, 7) is 1.96. The Labute approximate surface area is 182 Å². The summed E-state index contributed by atoms with van der Waals surface area (Å²) in [6, 6.07) is 9.89. The van der Waals surface area contributed by atoms with Crippen LogP contribution in [0.3, 0.4) is 0 Å². The van der Waals surface area contributed by atoms with Gasteiger partial charge in [0.05, 0.1) is 11.9 Å². The molecule has 1 atom stereocenters. The predicted molar refractivity (Wildman–Crippen MR) is 115 cm³/mol. The monoisotopic (exact) mass is 469 g/mol. The number of nitrogens with one attached hydrogen (secondary N) is 1. The third-order valence-electron chi connectivity index (χ3n) is 4.79. The molecule has 1 aliphatic rings. The Morgan fingerprint density at radius 3 is 2.97 bits per heavy atom. The van der Waals surface area contributed by atoms with Crippen LogP contribution in [0.1, 0.15) is 17.0 Å². The van der Waals surface area contributed by atoms with Crippen LogP contribution < -0.4 is 15.0 Å². The number of aromatic nitrogens is 3. The molecule has 2 amide bonds. The highest BCUT2D eigenvalue weighted by molar-refractivity contribution is 9.10. The third kappa shape index (κ3) is 4.20. The number of aryl methyl sites for hydroxylation is 1. The molecule has 8 nitrogen and oxygen atoms in total. The smallest absolute Gasteiger partial charge is 0.342 e. The van der Waals surface area contributed by atoms with Crippen LogP contribution in [0, 0.1) is 6.92 Å². The average Bonchev–Trinajstić information content (AvgIpc) is 3.15. The standard InChI is InChI=1S/C21H20BrN5O3/c1-13-4-3-5-16(24-13)8-14-10-23-27(11-14)21(29)25-17-12-30-19-7-6-15(22)9-18(19)26(2)20(17)28/h3-7,9-11,17H,8,12H2,1-2H3,(H,25,29)/t17-/m1/s1. The Balaban J connectivity index is 1.45. The molecule has 4 rings (SSSR count). The lowest BCUT2D eigenvalue weighted by atomic mass is 10.2. The summed E-state index contributed by atoms with van der Waals surface area (Å²) in [4.78, 5) is 31.5. The van der Waals surface area contributed by atoms with Crippen molar-refractivity contribution in [1.82, 2.24) is 20.1 Å². The lowest BCUT2D eigenvalue weighted by molar-refractivity contribution is -0.120. The zero-order valence-corrected chi connectivity index (χ0v) is 18.1. The summed E-state index contributed by atoms with van der Waals surface area (Å²) in [5.41, 5.74) is 3.31. The van der Waals surface area contributed by atoms with Crippen molar-refractivity contribution in [3.05, 3.63) is 70.2 Å². The number of carbonyl (C=O) groups excluding carboxylic acids is 2. The van der Waals surface area contributed by atoms with Crippen LogP contribution in [0.25, 0.3) is 0 Å². The first-order chi connectivity index (χ1) is 14.4. The minimum atomic E-state index is -0.834. The second kappa shape index (κ2) is 8.27. The van der Waals surface area contributed by atoms with Gasteiger partial charge in [0.25, 0.3) is 5.91 Å². The van der Waals surface area contributed by atoms with Crippen LogP contribution in [0.5, 0.6) is 5.75 Å². The Kier molecular flexibility index (Phi) is 5.54. The number of ether oxygens (including phenoxy) is 1. The number of halogens is 1. The zero-order chi connectivity index (χ0) is 21.3. The van der Waals surface area contributed by atoms with Gasteiger partial charge in [-0.05, 0) is 42.8 Å². The maximum absolute atomic E-state index is 12.8. The number of carbonyl (C=O) groups is 2. The van der Waals surface area contributed by atoms with Gasteiger partial charge in [-0.25, -0.2) is 4.79 Å². The van der Waals surface area contributed by atoms with E-state index >= 15 is 0 Å². The summed E-state index contributed by atoms with van der Waals surface area (Å²) < 4.78 is 7.77. The molecule has 0 unspecified atom stereocenters. The number of pyridine rings is 1. The molecule has 0 saturated carbocycles. The molecule has 0 spiro atoms. The van der Waals surface area contributed by atoms with E-state index in [0.29, 0.717) is 17.9 Å². The molecule has 9 heteroatoms. The normalized spacial score (nSPS) is 15.9. The van der Waals surface area contributed by atoms with Crippen LogP contribution in [0.15, 0.2) is 53.3 Å². The van der Waals surface area contributed by atoms with Gasteiger partial charge in [0.15, 0.2) is 0 Å². The molecular formula is C21H20BrN5O3. The van der Waals surface area contributed by atoms with E-state index in [1.807, 2.05) is 31.2 Å². The second-order valence-corrected chi connectivity index (χ2v) is 7.98. The van der Waals surface area contributed by atoms with Gasteiger partial charge in [-0.2, -0.15) is 9.78 Å². The number of amides is 2. The summed E-state index contributed by atoms with van der Waals surface area (Å²) in [6.07, 6.45) is 3.82. The van der Waals surface area contributed by atoms with Gasteiger partial charge in [-0.1, -0.05) is 22.0 Å². The molecule has 154 valence electrons. The summed E-state index contributed by atoms with van der Waals surface area (Å²) in [5, 5.41) is 6.83. The fourth-order valence-corrected chi connectivity index (χ4v) is 3.61. The Morgan fingerprint density at radius 2 is 2.17 bits per heavy atom. The zero-order valence-electron chi connectivity index (χ0n) is 16.5. The van der Waals surface area contributed by atoms with Crippen molar-refractivity contribution in [3.8, 4) is 5.75 Å². The van der Waals surface area contributed by atoms with Crippen molar-refractivity contribution in [2.24, 2.45) is 0 Å². The van der Waals surface area contributed by atoms with Crippen LogP contribution in [-0.4, -0.2) is 46.4 Å². The van der Waals surface area contributed by atoms with Crippen LogP contribution >= 0.6 is 15.9 Å². The van der Waals surface area contributed by atoms with Crippen LogP contribution in [-0.2, 0) is 11.2 Å². The topological polar surface area (TPSA) is 89.4 Å². The van der Waals surface area contributed by atoms with E-state index in [4.69, 9.17) is 4.74 Å². The fourth-order valence-electron chi connectivity index (χ4n) is 3.26. The van der Waals surface area contributed by atoms with Gasteiger partial charge in [0, 0.05) is 35.5 Å². The highest BCUT2D eigenvalue weighted by atomic mass is 79.9. The molecule has 3 aromatic rings. The Bertz CT molecular complexity index is 1110. The molecule has 1 aromatic carbocycles. The number of likely N-dealkylation sites (N-methyl/N-ethyl adjacent to an activating group) is 1. The highest BCUT2D eigenvalue weighted by Crippen LogP contribution is 2.33. The molecule has 0 aliphatic carbocycles. The predicted octanol–water partition coefficient (Wildman–Crippen LogP) is 2.92. The summed E-state index contributed by atoms with van der Waals surface area (Å²) in [7, 11) is 1.66. The van der Waals surface area contributed by atoms with Gasteiger partial charge >= 0.3 is 6.03 Å². The molecule has 3 heterocycles. The van der Waals surface area contributed by atoms with E-state index in [1.54, 1.807) is 31.6 Å². The number of hydrogen-bond donors (Lipinski definition) is 1. The van der Waals surface area contributed by atoms with Gasteiger partial charge < -0.3 is 15.0 Å². The largest absolute Gasteiger partial charge is 0.489 e. The Hall–Kier alpha value is -3.20. The number of rotatable bonds is 3. The van der Waals surface area contributed by atoms with E-state index in [1.165, 1.54) is 9.58 Å². The number of hydrogen-bond acceptors (Lipinski definition) is 5. The maximum atomic E-state index is 12.8. The second-order valence-electron chi connectivity index (χ2n) is 7.06. The molecule has 0 fully saturated rings. The van der Waals surface area contributed by atoms with Crippen molar-refractivity contribution in [3.63, 3.8) is 0 Å². The number of nitrogens with zero attached hydrogens (tertiary/aromatic N) is 4. The van der Waals surface area contributed by atoms with Crippen LogP contribution in [0.2, 0.25) is 0 Å². The van der Waals surface area contributed by atoms with Crippen LogP contribution in [0.4, 0.5) is 10.5 Å². The summed E-state index contributed by atoms with van der Waals surface area (Å²) in [5.74, 6) is 0.314. The molecular weight excluding hydrogens is 450 g/mol. The molecule has 0 radical (unpaired) electrons. The minimum absolute atomic E-state index is 0.0326. The molecule has 2 aromatic heterocycles. The van der Waals surface area contributed by atoms with Gasteiger partial charge in [0.2, 0.25) is 0 Å². The molecule has 1 N–H and O–H groups in total. The first-order valence-electron chi connectivity index (χ1n) is 9.37. The minimum Gasteiger partial charge on any atom is -0.489 e. The van der Waals surface area contributed by atoms with E-state index in [2.05, 4.69) is 31.3 Å². The third-order valence-corrected chi connectivity index (χ3v) is 5.28. The molecule has 30 heavy (non-hydrogen) atoms. The van der Waals surface area contributed by atoms with E-state index in [0.717, 1.165) is 21.4 Å². The summed E-state index contributed by atoms with van der Waals surface area (Å²) >= 11 is 3.40. The quantitative estimate of drug-likeness (QED) is 0.636. The van der Waals surface area contributed by atoms with E-state index in [9.17, 15) is 9.59 Å². The van der Waals surface area contributed by atoms with Gasteiger partial charge in [0.1, 0.15) is 18.4 Å². The van der Waals surface area contributed by atoms with E-state index < -0.39 is 12.1 Å².